The first-order valence-electron chi connectivity index (χ1n) is 11.3. The van der Waals surface area contributed by atoms with Crippen LogP contribution in [0.5, 0.6) is 0 Å². The van der Waals surface area contributed by atoms with Crippen molar-refractivity contribution >= 4 is 62.9 Å². The quantitative estimate of drug-likeness (QED) is 0.323. The SMILES string of the molecule is CN1CCc2c(-c3ccc(S(=O)(=O)N(C)C)cc3)cc3c(c2C1)NC(=O)/C3=N/OC(CCO)C(=O)O.[NaH]. The molecule has 0 radical (unpaired) electrons. The van der Waals surface area contributed by atoms with Crippen LogP contribution in [-0.4, -0.2) is 115 Å². The molecule has 2 aliphatic rings. The number of rotatable bonds is 8. The zero-order valence-electron chi connectivity index (χ0n) is 20.2. The average molecular weight is 541 g/mol. The summed E-state index contributed by atoms with van der Waals surface area (Å²) in [6.45, 7) is 0.981. The molecule has 0 saturated heterocycles. The number of sulfonamides is 1. The van der Waals surface area contributed by atoms with E-state index in [9.17, 15) is 23.1 Å². The van der Waals surface area contributed by atoms with Crippen molar-refractivity contribution in [1.29, 1.82) is 0 Å². The van der Waals surface area contributed by atoms with Crippen molar-refractivity contribution in [2.24, 2.45) is 5.16 Å². The number of fused-ring (bicyclic) bond motifs is 3. The molecule has 1 amide bonds. The van der Waals surface area contributed by atoms with Gasteiger partial charge in [-0.05, 0) is 53.9 Å². The van der Waals surface area contributed by atoms with Gasteiger partial charge in [0.1, 0.15) is 0 Å². The summed E-state index contributed by atoms with van der Waals surface area (Å²) >= 11 is 0. The first-order chi connectivity index (χ1) is 17.0. The van der Waals surface area contributed by atoms with Crippen molar-refractivity contribution in [2.75, 3.05) is 39.6 Å². The van der Waals surface area contributed by atoms with E-state index in [4.69, 9.17) is 9.94 Å². The number of benzene rings is 2. The van der Waals surface area contributed by atoms with E-state index >= 15 is 0 Å². The number of aliphatic hydroxyl groups is 1. The maximum absolute atomic E-state index is 12.8. The third-order valence-corrected chi connectivity index (χ3v) is 8.14. The molecule has 2 aliphatic heterocycles. The van der Waals surface area contributed by atoms with Gasteiger partial charge in [0.2, 0.25) is 16.1 Å². The molecule has 0 saturated carbocycles. The molecular formula is C24H29N4NaO7S. The number of aliphatic carboxylic acids is 1. The fraction of sp³-hybridized carbons (Fsp3) is 0.375. The van der Waals surface area contributed by atoms with E-state index in [-0.39, 0.29) is 46.6 Å². The predicted octanol–water partition coefficient (Wildman–Crippen LogP) is 0.452. The molecule has 1 atom stereocenters. The van der Waals surface area contributed by atoms with E-state index in [1.807, 2.05) is 7.05 Å². The number of carboxylic acids is 1. The molecule has 4 rings (SSSR count). The molecular weight excluding hydrogens is 511 g/mol. The van der Waals surface area contributed by atoms with Gasteiger partial charge in [-0.1, -0.05) is 17.3 Å². The van der Waals surface area contributed by atoms with Gasteiger partial charge in [0.25, 0.3) is 5.91 Å². The van der Waals surface area contributed by atoms with Crippen LogP contribution < -0.4 is 5.32 Å². The molecule has 2 aromatic carbocycles. The van der Waals surface area contributed by atoms with E-state index in [0.717, 1.165) is 39.5 Å². The van der Waals surface area contributed by atoms with E-state index in [0.29, 0.717) is 17.8 Å². The second kappa shape index (κ2) is 11.6. The average Bonchev–Trinajstić information content (AvgIpc) is 3.16. The number of carboxylic acid groups (broad SMARTS) is 1. The number of carbonyl (C=O) groups is 2. The van der Waals surface area contributed by atoms with Gasteiger partial charge >= 0.3 is 35.5 Å². The summed E-state index contributed by atoms with van der Waals surface area (Å²) in [5.41, 5.74) is 4.60. The number of hydrogen-bond donors (Lipinski definition) is 3. The maximum atomic E-state index is 12.8. The zero-order chi connectivity index (χ0) is 26.2. The Hall–Kier alpha value is -2.32. The van der Waals surface area contributed by atoms with Crippen LogP contribution in [0.2, 0.25) is 0 Å². The molecule has 0 aromatic heterocycles. The van der Waals surface area contributed by atoms with E-state index in [2.05, 4.69) is 15.4 Å². The van der Waals surface area contributed by atoms with Crippen molar-refractivity contribution in [3.8, 4) is 11.1 Å². The molecule has 0 aliphatic carbocycles. The summed E-state index contributed by atoms with van der Waals surface area (Å²) in [6, 6.07) is 8.36. The van der Waals surface area contributed by atoms with Gasteiger partial charge in [-0.3, -0.25) is 4.79 Å². The second-order valence-corrected chi connectivity index (χ2v) is 11.1. The molecule has 2 heterocycles. The number of nitrogens with one attached hydrogen (secondary N) is 1. The Balaban J connectivity index is 0.00000380. The van der Waals surface area contributed by atoms with Gasteiger partial charge in [-0.15, -0.1) is 0 Å². The number of likely N-dealkylation sites (N-methyl/N-ethyl adjacent to an activating group) is 1. The molecule has 194 valence electrons. The topological polar surface area (TPSA) is 149 Å². The number of nitrogens with zero attached hydrogens (tertiary/aromatic N) is 3. The number of oxime groups is 1. The molecule has 1 unspecified atom stereocenters. The van der Waals surface area contributed by atoms with Crippen LogP contribution in [0, 0.1) is 0 Å². The second-order valence-electron chi connectivity index (χ2n) is 8.94. The van der Waals surface area contributed by atoms with Gasteiger partial charge in [0, 0.05) is 45.8 Å². The molecule has 37 heavy (non-hydrogen) atoms. The monoisotopic (exact) mass is 540 g/mol. The van der Waals surface area contributed by atoms with Gasteiger partial charge < -0.3 is 25.3 Å². The fourth-order valence-electron chi connectivity index (χ4n) is 4.34. The Morgan fingerprint density at radius 2 is 1.89 bits per heavy atom. The third kappa shape index (κ3) is 5.75. The standard InChI is InChI=1S/C24H28N4O7S.Na.H/c1-27(2)36(33,34)15-6-4-14(5-7-15)17-12-18-21(19-13-28(3)10-8-16(17)19)25-23(30)22(18)26-35-20(9-11-29)24(31)32;;/h4-7,12,20,29H,8-11,13H2,1-3H3,(H,31,32)(H,25,26,30);;. The van der Waals surface area contributed by atoms with Gasteiger partial charge in [-0.25, -0.2) is 17.5 Å². The summed E-state index contributed by atoms with van der Waals surface area (Å²) in [7, 11) is 1.34. The molecule has 3 N–H and O–H groups in total. The van der Waals surface area contributed by atoms with Crippen molar-refractivity contribution in [1.82, 2.24) is 9.21 Å². The van der Waals surface area contributed by atoms with Crippen LogP contribution >= 0.6 is 0 Å². The Morgan fingerprint density at radius 1 is 1.22 bits per heavy atom. The number of hydrogen-bond acceptors (Lipinski definition) is 8. The van der Waals surface area contributed by atoms with Crippen molar-refractivity contribution < 1.29 is 33.1 Å². The summed E-state index contributed by atoms with van der Waals surface area (Å²) in [4.78, 5) is 31.6. The molecule has 13 heteroatoms. The fourth-order valence-corrected chi connectivity index (χ4v) is 5.24. The minimum absolute atomic E-state index is 0. The van der Waals surface area contributed by atoms with Gasteiger partial charge in [0.05, 0.1) is 10.6 Å². The van der Waals surface area contributed by atoms with E-state index in [1.54, 1.807) is 30.3 Å². The molecule has 0 bridgehead atoms. The third-order valence-electron chi connectivity index (χ3n) is 6.31. The van der Waals surface area contributed by atoms with Crippen LogP contribution in [0.3, 0.4) is 0 Å². The molecule has 0 fully saturated rings. The summed E-state index contributed by atoms with van der Waals surface area (Å²) in [6.07, 6.45) is -0.847. The van der Waals surface area contributed by atoms with Gasteiger partial charge in [-0.2, -0.15) is 0 Å². The van der Waals surface area contributed by atoms with Gasteiger partial charge in [0.15, 0.2) is 5.71 Å². The molecule has 0 spiro atoms. The molecule has 2 aromatic rings. The van der Waals surface area contributed by atoms with E-state index < -0.39 is 34.6 Å². The molecule has 11 nitrogen and oxygen atoms in total. The number of aliphatic hydroxyl groups excluding tert-OH is 1. The Bertz CT molecular complexity index is 1340. The summed E-state index contributed by atoms with van der Waals surface area (Å²) in [5.74, 6) is -1.81. The number of amides is 1. The Labute approximate surface area is 237 Å². The Morgan fingerprint density at radius 3 is 2.49 bits per heavy atom. The summed E-state index contributed by atoms with van der Waals surface area (Å²) < 4.78 is 26.1. The van der Waals surface area contributed by atoms with Crippen molar-refractivity contribution in [3.63, 3.8) is 0 Å². The summed E-state index contributed by atoms with van der Waals surface area (Å²) in [5, 5.41) is 25.1. The Kier molecular flexibility index (Phi) is 9.17. The first-order valence-corrected chi connectivity index (χ1v) is 12.8. The van der Waals surface area contributed by atoms with E-state index in [1.165, 1.54) is 14.1 Å². The van der Waals surface area contributed by atoms with Crippen LogP contribution in [0.25, 0.3) is 11.1 Å². The van der Waals surface area contributed by atoms with Crippen molar-refractivity contribution in [2.45, 2.75) is 30.4 Å². The van der Waals surface area contributed by atoms with Crippen LogP contribution in [-0.2, 0) is 37.4 Å². The zero-order valence-corrected chi connectivity index (χ0v) is 21.0. The van der Waals surface area contributed by atoms with Crippen LogP contribution in [0.15, 0.2) is 40.4 Å². The number of carbonyl (C=O) groups excluding carboxylic acids is 1. The first kappa shape index (κ1) is 29.2. The minimum atomic E-state index is -3.58. The number of anilines is 1. The van der Waals surface area contributed by atoms with Crippen LogP contribution in [0.4, 0.5) is 5.69 Å². The van der Waals surface area contributed by atoms with Crippen molar-refractivity contribution in [3.05, 3.63) is 47.0 Å². The van der Waals surface area contributed by atoms with Crippen LogP contribution in [0.1, 0.15) is 23.1 Å². The normalized spacial score (nSPS) is 17.1. The predicted molar refractivity (Wildman–Crippen MR) is 139 cm³/mol.